The molecule has 0 aliphatic rings. The molecule has 0 aliphatic carbocycles. The number of benzene rings is 6. The van der Waals surface area contributed by atoms with Gasteiger partial charge >= 0.3 is 55.7 Å². The van der Waals surface area contributed by atoms with Gasteiger partial charge in [0.15, 0.2) is 23.1 Å². The van der Waals surface area contributed by atoms with Crippen LogP contribution in [-0.4, -0.2) is 79.0 Å². The number of allylic oxidation sites excluding steroid dienone is 2. The number of nitrogens with one attached hydrogen (secondary N) is 1. The molecule has 508 valence electrons. The van der Waals surface area contributed by atoms with Crippen LogP contribution in [0, 0.1) is 23.3 Å². The summed E-state index contributed by atoms with van der Waals surface area (Å²) in [6.07, 6.45) is -45.5. The number of carbonyl (C=O) groups is 2. The Morgan fingerprint density at radius 3 is 1.22 bits per heavy atom. The van der Waals surface area contributed by atoms with Crippen LogP contribution in [-0.2, 0) is 33.5 Å². The van der Waals surface area contributed by atoms with Crippen molar-refractivity contribution in [2.45, 2.75) is 114 Å². The van der Waals surface area contributed by atoms with Crippen molar-refractivity contribution < 1.29 is 139 Å². The summed E-state index contributed by atoms with van der Waals surface area (Å²) in [5.41, 5.74) is -3.54. The van der Waals surface area contributed by atoms with Gasteiger partial charge in [0, 0.05) is 30.7 Å². The molecule has 0 bridgehead atoms. The monoisotopic (exact) mass is 1360 g/mol. The lowest BCUT2D eigenvalue weighted by Gasteiger charge is -2.37. The first-order valence-electron chi connectivity index (χ1n) is 26.0. The molecule has 9 nitrogen and oxygen atoms in total. The van der Waals surface area contributed by atoms with E-state index in [2.05, 4.69) is 9.47 Å². The quantitative estimate of drug-likeness (QED) is 0.0480. The number of nitrogens with two attached hydrogens (primary N) is 1. The Hall–Kier alpha value is -8.78. The number of rotatable bonds is 21. The smallest absolute Gasteiger partial charge is 0.461 e. The van der Waals surface area contributed by atoms with E-state index in [0.29, 0.717) is 23.8 Å². The minimum absolute atomic E-state index is 0.0364. The van der Waals surface area contributed by atoms with Crippen LogP contribution in [0.2, 0.25) is 0 Å². The Morgan fingerprint density at radius 1 is 0.473 bits per heavy atom. The number of carboxylic acids is 1. The number of amides is 1. The second-order valence-electron chi connectivity index (χ2n) is 20.0. The maximum absolute atomic E-state index is 14.9. The summed E-state index contributed by atoms with van der Waals surface area (Å²) in [6, 6.07) is 26.1. The first-order chi connectivity index (χ1) is 42.6. The second-order valence-corrected chi connectivity index (χ2v) is 20.0. The number of carboxylic acid groups (broad SMARTS) is 1. The first-order valence-corrected chi connectivity index (χ1v) is 26.0. The third-order valence-corrected chi connectivity index (χ3v) is 12.1. The van der Waals surface area contributed by atoms with E-state index >= 15 is 0 Å². The van der Waals surface area contributed by atoms with Gasteiger partial charge in [-0.15, -0.1) is 0 Å². The number of hydrogen-bond donors (Lipinski definition) is 3. The number of hydrogen-bond acceptors (Lipinski definition) is 7. The van der Waals surface area contributed by atoms with E-state index in [1.165, 1.54) is 56.3 Å². The van der Waals surface area contributed by atoms with E-state index < -0.39 is 155 Å². The molecule has 93 heavy (non-hydrogen) atoms. The summed E-state index contributed by atoms with van der Waals surface area (Å²) < 4.78 is 332. The maximum atomic E-state index is 14.9. The maximum Gasteiger partial charge on any atom is 0.461 e. The zero-order chi connectivity index (χ0) is 70.6. The average molecular weight is 1370 g/mol. The number of carbonyl (C=O) groups excluding carboxylic acids is 1. The summed E-state index contributed by atoms with van der Waals surface area (Å²) in [7, 11) is 0. The van der Waals surface area contributed by atoms with Gasteiger partial charge in [-0.25, -0.2) is 22.4 Å². The van der Waals surface area contributed by atoms with Crippen LogP contribution in [0.5, 0.6) is 23.0 Å². The Balaban J connectivity index is 0.000000342. The molecule has 0 aliphatic heterocycles. The predicted octanol–water partition coefficient (Wildman–Crippen LogP) is 17.2. The van der Waals surface area contributed by atoms with Crippen molar-refractivity contribution in [1.82, 2.24) is 5.32 Å². The van der Waals surface area contributed by atoms with Crippen LogP contribution in [0.4, 0.5) is 105 Å². The number of alkyl halides is 20. The number of ether oxygens (including phenoxy) is 4. The molecule has 4 N–H and O–H groups in total. The zero-order valence-electron chi connectivity index (χ0n) is 47.6. The molecule has 0 fully saturated rings. The molecule has 0 heterocycles. The molecule has 1 amide bonds. The van der Waals surface area contributed by atoms with E-state index in [4.69, 9.17) is 20.3 Å². The van der Waals surface area contributed by atoms with Crippen LogP contribution >= 0.6 is 0 Å². The highest BCUT2D eigenvalue weighted by atomic mass is 19.4. The molecule has 0 saturated heterocycles. The van der Waals surface area contributed by atoms with Crippen LogP contribution in [0.1, 0.15) is 61.1 Å². The standard InChI is InChI=1S/C30H23F12NO3.C25H23F6NO2.C5H2F6O2/c1-16(2)45-23-12-18(8-9-22(23)32)27(15-17-6-4-3-5-7-17,43-25(44)14-24(28(35,36)37)29(38,39)40)19-10-20(31)13-21(11-19)46-30(41,42)26(33)34;1-15(2)33-22-12-17(8-9-21(22)27)24(32,14-16-6-4-3-5-7-16)18-10-19(26)13-20(11-18)34-25(30,31)23(28)29;6-4(7,8)2(1-3(12)13)5(9,10)11/h3-14,16,26H,15H2,1-2H3,(H,43,44);3-13,15,23H,14,32H2,1-2H3;1H,(H,12,13)/t27-;24-;/m11./s1. The first kappa shape index (κ1) is 76.7. The molecule has 0 aromatic heterocycles. The lowest BCUT2D eigenvalue weighted by Crippen LogP contribution is -2.48. The Bertz CT molecular complexity index is 3520. The molecule has 0 radical (unpaired) electrons. The minimum Gasteiger partial charge on any atom is -0.488 e. The molecule has 2 atom stereocenters. The van der Waals surface area contributed by atoms with Crippen LogP contribution < -0.4 is 30.0 Å². The summed E-state index contributed by atoms with van der Waals surface area (Å²) in [6.45, 7) is 6.35. The van der Waals surface area contributed by atoms with Crippen molar-refractivity contribution in [3.63, 3.8) is 0 Å². The molecular formula is C60H48F24N2O7. The fourth-order valence-electron chi connectivity index (χ4n) is 8.29. The minimum atomic E-state index is -6.08. The van der Waals surface area contributed by atoms with Crippen LogP contribution in [0.15, 0.2) is 157 Å². The topological polar surface area (TPSA) is 129 Å². The van der Waals surface area contributed by atoms with Gasteiger partial charge in [0.25, 0.3) is 0 Å². The van der Waals surface area contributed by atoms with E-state index in [1.54, 1.807) is 44.2 Å². The highest BCUT2D eigenvalue weighted by molar-refractivity contribution is 5.90. The van der Waals surface area contributed by atoms with Gasteiger partial charge in [-0.05, 0) is 116 Å². The fraction of sp³-hybridized carbons (Fsp3) is 0.300. The Kier molecular flexibility index (Phi) is 25.0. The largest absolute Gasteiger partial charge is 0.488 e. The van der Waals surface area contributed by atoms with Gasteiger partial charge in [0.05, 0.1) is 23.3 Å². The molecule has 33 heteroatoms. The van der Waals surface area contributed by atoms with E-state index in [0.717, 1.165) is 36.4 Å². The SMILES string of the molecule is CC(C)Oc1cc([C@@](Cc2ccccc2)(NC(=O)C=C(C(F)(F)F)C(F)(F)F)c2cc(F)cc(OC(F)(F)C(F)F)c2)ccc1F.CC(C)Oc1cc([C@](N)(Cc2ccccc2)c2cc(F)cc(OC(F)(F)C(F)F)c2)ccc1F.O=C(O)C=C(C(F)(F)F)C(F)(F)F. The van der Waals surface area contributed by atoms with Gasteiger partial charge in [-0.2, -0.15) is 87.8 Å². The normalized spacial score (nSPS) is 13.6. The Morgan fingerprint density at radius 2 is 0.839 bits per heavy atom. The average Bonchev–Trinajstić information content (AvgIpc) is 0.763. The van der Waals surface area contributed by atoms with Crippen LogP contribution in [0.3, 0.4) is 0 Å². The number of aliphatic carboxylic acids is 1. The molecule has 0 unspecified atom stereocenters. The van der Waals surface area contributed by atoms with Gasteiger partial charge in [-0.1, -0.05) is 72.8 Å². The van der Waals surface area contributed by atoms with E-state index in [1.807, 2.05) is 5.32 Å². The van der Waals surface area contributed by atoms with Gasteiger partial charge in [0.2, 0.25) is 5.91 Å². The lowest BCUT2D eigenvalue weighted by atomic mass is 9.77. The number of halogens is 24. The highest BCUT2D eigenvalue weighted by Crippen LogP contribution is 2.44. The van der Waals surface area contributed by atoms with Gasteiger partial charge < -0.3 is 35.1 Å². The molecule has 0 saturated carbocycles. The van der Waals surface area contributed by atoms with Crippen molar-refractivity contribution in [2.24, 2.45) is 5.73 Å². The van der Waals surface area contributed by atoms with Crippen molar-refractivity contribution in [1.29, 1.82) is 0 Å². The predicted molar refractivity (Wildman–Crippen MR) is 282 cm³/mol. The summed E-state index contributed by atoms with van der Waals surface area (Å²) >= 11 is 0. The fourth-order valence-corrected chi connectivity index (χ4v) is 8.29. The van der Waals surface area contributed by atoms with E-state index in [-0.39, 0.29) is 46.6 Å². The summed E-state index contributed by atoms with van der Waals surface area (Å²) in [4.78, 5) is 22.7. The second kappa shape index (κ2) is 30.3. The third-order valence-electron chi connectivity index (χ3n) is 12.1. The van der Waals surface area contributed by atoms with Gasteiger partial charge in [0.1, 0.15) is 34.3 Å². The Labute approximate surface area is 511 Å². The molecular weight excluding hydrogens is 1320 g/mol. The lowest BCUT2D eigenvalue weighted by molar-refractivity contribution is -0.253. The van der Waals surface area contributed by atoms with Crippen molar-refractivity contribution in [2.75, 3.05) is 0 Å². The summed E-state index contributed by atoms with van der Waals surface area (Å²) in [5.74, 6) is -11.2. The van der Waals surface area contributed by atoms with Crippen LogP contribution in [0.25, 0.3) is 0 Å². The molecule has 6 aromatic rings. The van der Waals surface area contributed by atoms with E-state index in [9.17, 15) is 115 Å². The van der Waals surface area contributed by atoms with Crippen molar-refractivity contribution >= 4 is 11.9 Å². The molecule has 0 spiro atoms. The highest BCUT2D eigenvalue weighted by Gasteiger charge is 2.53. The zero-order valence-corrected chi connectivity index (χ0v) is 47.6. The summed E-state index contributed by atoms with van der Waals surface area (Å²) in [5, 5.41) is 9.71. The molecule has 6 rings (SSSR count). The van der Waals surface area contributed by atoms with Crippen molar-refractivity contribution in [3.05, 3.63) is 213 Å². The van der Waals surface area contributed by atoms with Crippen molar-refractivity contribution in [3.8, 4) is 23.0 Å². The third kappa shape index (κ3) is 21.9. The van der Waals surface area contributed by atoms with Gasteiger partial charge in [-0.3, -0.25) is 4.79 Å². The molecule has 6 aromatic carbocycles.